The van der Waals surface area contributed by atoms with Crippen LogP contribution in [0.1, 0.15) is 13.3 Å². The van der Waals surface area contributed by atoms with Crippen molar-refractivity contribution < 1.29 is 18.0 Å². The molecule has 1 rings (SSSR count). The molecular weight excluding hydrogens is 271 g/mol. The van der Waals surface area contributed by atoms with Crippen LogP contribution in [0.5, 0.6) is 0 Å². The number of rotatable bonds is 6. The van der Waals surface area contributed by atoms with E-state index in [1.165, 1.54) is 0 Å². The Morgan fingerprint density at radius 3 is 2.40 bits per heavy atom. The van der Waals surface area contributed by atoms with Gasteiger partial charge in [0.05, 0.1) is 6.54 Å². The van der Waals surface area contributed by atoms with Crippen LogP contribution in [-0.4, -0.2) is 31.7 Å². The fourth-order valence-electron chi connectivity index (χ4n) is 1.68. The lowest BCUT2D eigenvalue weighted by Gasteiger charge is -2.24. The van der Waals surface area contributed by atoms with Gasteiger partial charge >= 0.3 is 6.18 Å². The Balaban J connectivity index is 2.63. The second kappa shape index (κ2) is 7.02. The molecule has 0 fully saturated rings. The Hall–Kier alpha value is -1.92. The molecule has 0 unspecified atom stereocenters. The third kappa shape index (κ3) is 5.81. The van der Waals surface area contributed by atoms with Gasteiger partial charge in [0.15, 0.2) is 0 Å². The van der Waals surface area contributed by atoms with Crippen molar-refractivity contribution in [2.24, 2.45) is 0 Å². The van der Waals surface area contributed by atoms with Gasteiger partial charge in [0.2, 0.25) is 5.91 Å². The monoisotopic (exact) mass is 289 g/mol. The molecule has 112 valence electrons. The molecule has 0 radical (unpaired) electrons. The average molecular weight is 289 g/mol. The molecule has 0 atom stereocenters. The summed E-state index contributed by atoms with van der Waals surface area (Å²) in [6.07, 6.45) is -3.62. The van der Waals surface area contributed by atoms with Gasteiger partial charge in [-0.2, -0.15) is 13.2 Å². The first-order valence-corrected chi connectivity index (χ1v) is 6.25. The fourth-order valence-corrected chi connectivity index (χ4v) is 1.68. The first kappa shape index (κ1) is 16.1. The summed E-state index contributed by atoms with van der Waals surface area (Å²) >= 11 is 0. The lowest BCUT2D eigenvalue weighted by molar-refractivity contribution is -0.137. The molecule has 1 aromatic carbocycles. The molecule has 4 nitrogen and oxygen atoms in total. The van der Waals surface area contributed by atoms with Crippen LogP contribution in [0.25, 0.3) is 0 Å². The van der Waals surface area contributed by atoms with Crippen molar-refractivity contribution in [2.75, 3.05) is 30.3 Å². The topological polar surface area (TPSA) is 58.4 Å². The number of anilines is 2. The number of nitrogens with one attached hydrogen (secondary N) is 1. The molecule has 0 aromatic heterocycles. The zero-order valence-electron chi connectivity index (χ0n) is 11.2. The smallest absolute Gasteiger partial charge is 0.399 e. The number of alkyl halides is 3. The standard InChI is InChI=1S/C13H18F3N3O/c1-2-7-19(11-5-3-10(17)4-6-11)8-12(20)18-9-13(14,15)16/h3-6H,2,7-9,17H2,1H3,(H,18,20). The number of carbonyl (C=O) groups excluding carboxylic acids is 1. The predicted molar refractivity (Wildman–Crippen MR) is 72.4 cm³/mol. The van der Waals surface area contributed by atoms with E-state index in [0.717, 1.165) is 12.1 Å². The number of nitrogens with zero attached hydrogens (tertiary/aromatic N) is 1. The molecule has 0 heterocycles. The lowest BCUT2D eigenvalue weighted by atomic mass is 10.2. The van der Waals surface area contributed by atoms with E-state index in [2.05, 4.69) is 0 Å². The molecule has 3 N–H and O–H groups in total. The van der Waals surface area contributed by atoms with Gasteiger partial charge in [0.25, 0.3) is 0 Å². The largest absolute Gasteiger partial charge is 0.405 e. The summed E-state index contributed by atoms with van der Waals surface area (Å²) in [5.74, 6) is -0.660. The molecule has 20 heavy (non-hydrogen) atoms. The molecule has 1 amide bonds. The predicted octanol–water partition coefficient (Wildman–Crippen LogP) is 2.16. The first-order chi connectivity index (χ1) is 9.31. The highest BCUT2D eigenvalue weighted by atomic mass is 19.4. The van der Waals surface area contributed by atoms with Crippen molar-refractivity contribution in [1.82, 2.24) is 5.32 Å². The Labute approximate surface area is 115 Å². The Morgan fingerprint density at radius 1 is 1.30 bits per heavy atom. The summed E-state index contributed by atoms with van der Waals surface area (Å²) in [5, 5.41) is 1.86. The van der Waals surface area contributed by atoms with Crippen LogP contribution in [0.4, 0.5) is 24.5 Å². The highest BCUT2D eigenvalue weighted by molar-refractivity contribution is 5.81. The van der Waals surface area contributed by atoms with Gasteiger partial charge in [-0.3, -0.25) is 4.79 Å². The second-order valence-electron chi connectivity index (χ2n) is 4.40. The molecule has 0 spiro atoms. The minimum Gasteiger partial charge on any atom is -0.399 e. The second-order valence-corrected chi connectivity index (χ2v) is 4.40. The molecular formula is C13H18F3N3O. The van der Waals surface area contributed by atoms with Crippen molar-refractivity contribution in [1.29, 1.82) is 0 Å². The maximum absolute atomic E-state index is 12.0. The number of carbonyl (C=O) groups is 1. The van der Waals surface area contributed by atoms with Gasteiger partial charge < -0.3 is 16.0 Å². The Morgan fingerprint density at radius 2 is 1.90 bits per heavy atom. The van der Waals surface area contributed by atoms with E-state index in [4.69, 9.17) is 5.73 Å². The number of amides is 1. The molecule has 1 aromatic rings. The van der Waals surface area contributed by atoms with Crippen molar-refractivity contribution in [2.45, 2.75) is 19.5 Å². The van der Waals surface area contributed by atoms with E-state index in [1.54, 1.807) is 29.2 Å². The summed E-state index contributed by atoms with van der Waals surface area (Å²) in [4.78, 5) is 13.3. The Kier molecular flexibility index (Phi) is 5.66. The summed E-state index contributed by atoms with van der Waals surface area (Å²) in [6.45, 7) is 1.07. The van der Waals surface area contributed by atoms with Crippen LogP contribution >= 0.6 is 0 Å². The number of nitrogens with two attached hydrogens (primary N) is 1. The van der Waals surface area contributed by atoms with E-state index < -0.39 is 18.6 Å². The summed E-state index contributed by atoms with van der Waals surface area (Å²) in [5.41, 5.74) is 6.92. The third-order valence-corrected chi connectivity index (χ3v) is 2.57. The zero-order valence-corrected chi connectivity index (χ0v) is 11.2. The Bertz CT molecular complexity index is 431. The maximum atomic E-state index is 12.0. The van der Waals surface area contributed by atoms with E-state index in [-0.39, 0.29) is 6.54 Å². The number of hydrogen-bond acceptors (Lipinski definition) is 3. The van der Waals surface area contributed by atoms with Gasteiger partial charge in [0.1, 0.15) is 6.54 Å². The molecule has 0 aliphatic heterocycles. The highest BCUT2D eigenvalue weighted by Crippen LogP contribution is 2.17. The molecule has 7 heteroatoms. The van der Waals surface area contributed by atoms with E-state index in [9.17, 15) is 18.0 Å². The van der Waals surface area contributed by atoms with E-state index >= 15 is 0 Å². The number of hydrogen-bond donors (Lipinski definition) is 2. The van der Waals surface area contributed by atoms with E-state index in [0.29, 0.717) is 12.2 Å². The SMILES string of the molecule is CCCN(CC(=O)NCC(F)(F)F)c1ccc(N)cc1. The van der Waals surface area contributed by atoms with Crippen molar-refractivity contribution in [3.8, 4) is 0 Å². The summed E-state index contributed by atoms with van der Waals surface area (Å²) in [6, 6.07) is 6.85. The number of halogens is 3. The first-order valence-electron chi connectivity index (χ1n) is 6.25. The van der Waals surface area contributed by atoms with E-state index in [1.807, 2.05) is 12.2 Å². The molecule has 0 saturated carbocycles. The average Bonchev–Trinajstić information content (AvgIpc) is 2.36. The van der Waals surface area contributed by atoms with Crippen LogP contribution in [0.15, 0.2) is 24.3 Å². The van der Waals surface area contributed by atoms with Gasteiger partial charge in [-0.1, -0.05) is 6.92 Å². The van der Waals surface area contributed by atoms with Gasteiger partial charge in [0, 0.05) is 17.9 Å². The quantitative estimate of drug-likeness (QED) is 0.789. The maximum Gasteiger partial charge on any atom is 0.405 e. The summed E-state index contributed by atoms with van der Waals surface area (Å²) in [7, 11) is 0. The van der Waals surface area contributed by atoms with Crippen LogP contribution in [-0.2, 0) is 4.79 Å². The normalized spacial score (nSPS) is 11.2. The molecule has 0 bridgehead atoms. The minimum absolute atomic E-state index is 0.117. The fraction of sp³-hybridized carbons (Fsp3) is 0.462. The number of nitrogen functional groups attached to an aromatic ring is 1. The van der Waals surface area contributed by atoms with Crippen LogP contribution < -0.4 is 16.0 Å². The van der Waals surface area contributed by atoms with Crippen LogP contribution in [0.3, 0.4) is 0 Å². The van der Waals surface area contributed by atoms with Gasteiger partial charge in [-0.15, -0.1) is 0 Å². The lowest BCUT2D eigenvalue weighted by Crippen LogP contribution is -2.41. The summed E-state index contributed by atoms with van der Waals surface area (Å²) < 4.78 is 36.1. The highest BCUT2D eigenvalue weighted by Gasteiger charge is 2.27. The molecule has 0 saturated heterocycles. The molecule has 0 aliphatic carbocycles. The van der Waals surface area contributed by atoms with Crippen molar-refractivity contribution >= 4 is 17.3 Å². The van der Waals surface area contributed by atoms with Crippen molar-refractivity contribution in [3.05, 3.63) is 24.3 Å². The van der Waals surface area contributed by atoms with Gasteiger partial charge in [-0.05, 0) is 30.7 Å². The zero-order chi connectivity index (χ0) is 15.2. The minimum atomic E-state index is -4.40. The number of benzene rings is 1. The van der Waals surface area contributed by atoms with Crippen molar-refractivity contribution in [3.63, 3.8) is 0 Å². The van der Waals surface area contributed by atoms with Gasteiger partial charge in [-0.25, -0.2) is 0 Å². The third-order valence-electron chi connectivity index (χ3n) is 2.57. The van der Waals surface area contributed by atoms with Crippen LogP contribution in [0.2, 0.25) is 0 Å². The molecule has 0 aliphatic rings. The van der Waals surface area contributed by atoms with Crippen LogP contribution in [0, 0.1) is 0 Å².